The van der Waals surface area contributed by atoms with Gasteiger partial charge in [0.25, 0.3) is 5.69 Å². The largest absolute Gasteiger partial charge is 0.462 e. The van der Waals surface area contributed by atoms with Crippen LogP contribution in [0.4, 0.5) is 5.69 Å². The number of carbonyl (C=O) groups is 2. The molecule has 0 saturated carbocycles. The van der Waals surface area contributed by atoms with E-state index in [1.807, 2.05) is 0 Å². The minimum Gasteiger partial charge on any atom is -0.462 e. The van der Waals surface area contributed by atoms with Gasteiger partial charge < -0.3 is 14.0 Å². The Hall–Kier alpha value is -2.49. The molecular formula is C16H24N3O8P. The summed E-state index contributed by atoms with van der Waals surface area (Å²) >= 11 is 0. The monoisotopic (exact) mass is 417 g/mol. The molecule has 0 bridgehead atoms. The van der Waals surface area contributed by atoms with Crippen molar-refractivity contribution in [3.05, 3.63) is 34.4 Å². The van der Waals surface area contributed by atoms with E-state index in [1.54, 1.807) is 27.7 Å². The summed E-state index contributed by atoms with van der Waals surface area (Å²) in [5.74, 6) is -1.31. The Bertz CT molecular complexity index is 706. The average Bonchev–Trinajstić information content (AvgIpc) is 2.58. The molecule has 0 fully saturated rings. The second kappa shape index (κ2) is 10.7. The van der Waals surface area contributed by atoms with Crippen LogP contribution in [0, 0.1) is 10.1 Å². The van der Waals surface area contributed by atoms with Crippen LogP contribution in [0.15, 0.2) is 24.3 Å². The number of hydrogen-bond donors (Lipinski definition) is 2. The Morgan fingerprint density at radius 3 is 1.79 bits per heavy atom. The van der Waals surface area contributed by atoms with Gasteiger partial charge in [0, 0.05) is 12.1 Å². The van der Waals surface area contributed by atoms with Gasteiger partial charge in [-0.15, -0.1) is 0 Å². The van der Waals surface area contributed by atoms with Crippen molar-refractivity contribution in [3.8, 4) is 5.75 Å². The standard InChI is InChI=1S/C16H24N3O8P/c1-11(2)25-15(20)9-17-28(24,18-10-16(21)26-12(3)4)27-14-7-5-13(6-8-14)19(22)23/h5-8,11-12H,9-10H2,1-4H3,(H2,17,18,24). The van der Waals surface area contributed by atoms with Gasteiger partial charge in [0.1, 0.15) is 18.8 Å². The number of non-ortho nitro benzene ring substituents is 1. The fourth-order valence-corrected chi connectivity index (χ4v) is 3.18. The van der Waals surface area contributed by atoms with Crippen LogP contribution in [0.3, 0.4) is 0 Å². The Morgan fingerprint density at radius 2 is 1.43 bits per heavy atom. The van der Waals surface area contributed by atoms with E-state index >= 15 is 0 Å². The maximum Gasteiger partial charge on any atom is 0.391 e. The zero-order chi connectivity index (χ0) is 21.3. The maximum absolute atomic E-state index is 13.0. The Labute approximate surface area is 162 Å². The van der Waals surface area contributed by atoms with Crippen LogP contribution in [-0.2, 0) is 23.6 Å². The van der Waals surface area contributed by atoms with Crippen LogP contribution in [0.2, 0.25) is 0 Å². The van der Waals surface area contributed by atoms with Gasteiger partial charge in [-0.3, -0.25) is 19.7 Å². The lowest BCUT2D eigenvalue weighted by Crippen LogP contribution is -2.34. The molecule has 0 aromatic heterocycles. The topological polar surface area (TPSA) is 146 Å². The predicted molar refractivity (Wildman–Crippen MR) is 99.8 cm³/mol. The second-order valence-electron chi connectivity index (χ2n) is 6.14. The Balaban J connectivity index is 2.86. The highest BCUT2D eigenvalue weighted by atomic mass is 31.2. The van der Waals surface area contributed by atoms with Gasteiger partial charge in [-0.1, -0.05) is 0 Å². The first kappa shape index (κ1) is 23.5. The maximum atomic E-state index is 13.0. The fourth-order valence-electron chi connectivity index (χ4n) is 1.84. The molecule has 0 spiro atoms. The summed E-state index contributed by atoms with van der Waals surface area (Å²) in [6.45, 7) is 5.73. The second-order valence-corrected chi connectivity index (χ2v) is 8.06. The lowest BCUT2D eigenvalue weighted by Gasteiger charge is -2.21. The van der Waals surface area contributed by atoms with Crippen molar-refractivity contribution in [1.29, 1.82) is 0 Å². The first-order chi connectivity index (χ1) is 13.0. The van der Waals surface area contributed by atoms with Crippen molar-refractivity contribution < 1.29 is 33.1 Å². The van der Waals surface area contributed by atoms with Crippen LogP contribution < -0.4 is 14.7 Å². The molecule has 12 heteroatoms. The van der Waals surface area contributed by atoms with Crippen LogP contribution in [-0.4, -0.2) is 42.2 Å². The van der Waals surface area contributed by atoms with E-state index < -0.39 is 37.6 Å². The summed E-state index contributed by atoms with van der Waals surface area (Å²) in [5, 5.41) is 15.5. The third-order valence-corrected chi connectivity index (χ3v) is 4.50. The Kier molecular flexibility index (Phi) is 9.04. The number of nitro benzene ring substituents is 1. The first-order valence-electron chi connectivity index (χ1n) is 8.44. The lowest BCUT2D eigenvalue weighted by molar-refractivity contribution is -0.384. The van der Waals surface area contributed by atoms with Gasteiger partial charge in [0.15, 0.2) is 0 Å². The number of hydrogen-bond acceptors (Lipinski definition) is 8. The highest BCUT2D eigenvalue weighted by Gasteiger charge is 2.27. The van der Waals surface area contributed by atoms with Crippen LogP contribution in [0.5, 0.6) is 5.75 Å². The third-order valence-electron chi connectivity index (χ3n) is 2.88. The van der Waals surface area contributed by atoms with Gasteiger partial charge in [0.2, 0.25) is 0 Å². The highest BCUT2D eigenvalue weighted by Crippen LogP contribution is 2.38. The molecule has 1 aromatic rings. The van der Waals surface area contributed by atoms with E-state index in [2.05, 4.69) is 10.2 Å². The number of nitro groups is 1. The predicted octanol–water partition coefficient (Wildman–Crippen LogP) is 2.16. The summed E-state index contributed by atoms with van der Waals surface area (Å²) in [6, 6.07) is 4.82. The summed E-state index contributed by atoms with van der Waals surface area (Å²) < 4.78 is 28.2. The molecular weight excluding hydrogens is 393 g/mol. The van der Waals surface area contributed by atoms with Crippen LogP contribution in [0.25, 0.3) is 0 Å². The molecule has 11 nitrogen and oxygen atoms in total. The molecule has 1 rings (SSSR count). The van der Waals surface area contributed by atoms with E-state index in [4.69, 9.17) is 14.0 Å². The van der Waals surface area contributed by atoms with E-state index in [0.29, 0.717) is 0 Å². The SMILES string of the molecule is CC(C)OC(=O)CNP(=O)(NCC(=O)OC(C)C)Oc1ccc([N+](=O)[O-])cc1. The normalized spacial score (nSPS) is 11.4. The molecule has 28 heavy (non-hydrogen) atoms. The zero-order valence-electron chi connectivity index (χ0n) is 16.0. The van der Waals surface area contributed by atoms with E-state index in [0.717, 1.165) is 0 Å². The molecule has 0 aliphatic rings. The van der Waals surface area contributed by atoms with Crippen molar-refractivity contribution in [2.45, 2.75) is 39.9 Å². The van der Waals surface area contributed by atoms with Gasteiger partial charge in [0.05, 0.1) is 17.1 Å². The number of carbonyl (C=O) groups excluding carboxylic acids is 2. The van der Waals surface area contributed by atoms with Gasteiger partial charge in [-0.2, -0.15) is 0 Å². The van der Waals surface area contributed by atoms with Gasteiger partial charge >= 0.3 is 19.6 Å². The fraction of sp³-hybridized carbons (Fsp3) is 0.500. The number of nitrogens with one attached hydrogen (secondary N) is 2. The molecule has 1 aromatic carbocycles. The summed E-state index contributed by atoms with van der Waals surface area (Å²) in [7, 11) is -3.95. The third kappa shape index (κ3) is 8.94. The summed E-state index contributed by atoms with van der Waals surface area (Å²) in [5.41, 5.74) is -0.177. The minimum atomic E-state index is -3.95. The van der Waals surface area contributed by atoms with Crippen LogP contribution in [0.1, 0.15) is 27.7 Å². The molecule has 0 amide bonds. The average molecular weight is 417 g/mol. The van der Waals surface area contributed by atoms with Crippen molar-refractivity contribution in [2.75, 3.05) is 13.1 Å². The number of ether oxygens (including phenoxy) is 2. The number of nitrogens with zero attached hydrogens (tertiary/aromatic N) is 1. The Morgan fingerprint density at radius 1 is 1.00 bits per heavy atom. The van der Waals surface area contributed by atoms with E-state index in [1.165, 1.54) is 24.3 Å². The highest BCUT2D eigenvalue weighted by molar-refractivity contribution is 7.55. The van der Waals surface area contributed by atoms with Gasteiger partial charge in [-0.25, -0.2) is 14.7 Å². The van der Waals surface area contributed by atoms with Crippen molar-refractivity contribution >= 4 is 25.3 Å². The quantitative estimate of drug-likeness (QED) is 0.238. The zero-order valence-corrected chi connectivity index (χ0v) is 16.9. The van der Waals surface area contributed by atoms with Crippen molar-refractivity contribution in [3.63, 3.8) is 0 Å². The molecule has 2 N–H and O–H groups in total. The smallest absolute Gasteiger partial charge is 0.391 e. The van der Waals surface area contributed by atoms with Crippen molar-refractivity contribution in [1.82, 2.24) is 10.2 Å². The molecule has 0 aliphatic carbocycles. The molecule has 0 unspecified atom stereocenters. The summed E-state index contributed by atoms with van der Waals surface area (Å²) in [4.78, 5) is 33.5. The molecule has 0 saturated heterocycles. The first-order valence-corrected chi connectivity index (χ1v) is 10.1. The number of esters is 2. The number of rotatable bonds is 11. The molecule has 0 radical (unpaired) electrons. The molecule has 156 valence electrons. The van der Waals surface area contributed by atoms with E-state index in [9.17, 15) is 24.3 Å². The van der Waals surface area contributed by atoms with Crippen molar-refractivity contribution in [2.24, 2.45) is 0 Å². The number of benzene rings is 1. The van der Waals surface area contributed by atoms with E-state index in [-0.39, 0.29) is 23.6 Å². The van der Waals surface area contributed by atoms with Crippen LogP contribution >= 0.6 is 7.67 Å². The molecule has 0 heterocycles. The lowest BCUT2D eigenvalue weighted by atomic mass is 10.3. The van der Waals surface area contributed by atoms with Gasteiger partial charge in [-0.05, 0) is 39.8 Å². The summed E-state index contributed by atoms with van der Waals surface area (Å²) in [6.07, 6.45) is -0.725. The molecule has 0 aliphatic heterocycles. The molecule has 0 atom stereocenters. The minimum absolute atomic E-state index is 0.0309.